The highest BCUT2D eigenvalue weighted by molar-refractivity contribution is 7.10. The van der Waals surface area contributed by atoms with Gasteiger partial charge in [0.05, 0.1) is 12.2 Å². The maximum Gasteiger partial charge on any atom is 0.221 e. The lowest BCUT2D eigenvalue weighted by Crippen LogP contribution is -2.08. The lowest BCUT2D eigenvalue weighted by molar-refractivity contribution is -0.114. The Morgan fingerprint density at radius 2 is 2.11 bits per heavy atom. The number of amides is 1. The van der Waals surface area contributed by atoms with E-state index in [-0.39, 0.29) is 11.7 Å². The highest BCUT2D eigenvalue weighted by Crippen LogP contribution is 2.24. The first-order valence-corrected chi connectivity index (χ1v) is 6.78. The summed E-state index contributed by atoms with van der Waals surface area (Å²) in [6.07, 6.45) is 0. The molecule has 0 saturated heterocycles. The Morgan fingerprint density at radius 3 is 2.84 bits per heavy atom. The molecule has 1 aromatic carbocycles. The minimum Gasteiger partial charge on any atom is -0.380 e. The fourth-order valence-electron chi connectivity index (χ4n) is 1.74. The summed E-state index contributed by atoms with van der Waals surface area (Å²) in [4.78, 5) is 12.1. The molecule has 0 aliphatic rings. The Hall–Kier alpha value is -1.88. The van der Waals surface area contributed by atoms with Gasteiger partial charge in [0.25, 0.3) is 0 Å². The second kappa shape index (κ2) is 5.84. The minimum atomic E-state index is -0.263. The van der Waals surface area contributed by atoms with Gasteiger partial charge < -0.3 is 10.6 Å². The van der Waals surface area contributed by atoms with Crippen LogP contribution in [0.4, 0.5) is 15.8 Å². The molecule has 5 heteroatoms. The van der Waals surface area contributed by atoms with Gasteiger partial charge in [0.1, 0.15) is 5.82 Å². The van der Waals surface area contributed by atoms with Gasteiger partial charge in [-0.25, -0.2) is 4.39 Å². The van der Waals surface area contributed by atoms with Crippen LogP contribution in [0.2, 0.25) is 0 Å². The molecule has 1 aromatic heterocycles. The van der Waals surface area contributed by atoms with Crippen LogP contribution in [-0.4, -0.2) is 5.91 Å². The third-order valence-corrected chi connectivity index (χ3v) is 3.62. The zero-order valence-electron chi connectivity index (χ0n) is 10.8. The van der Waals surface area contributed by atoms with E-state index in [0.29, 0.717) is 6.54 Å². The number of hydrogen-bond acceptors (Lipinski definition) is 3. The summed E-state index contributed by atoms with van der Waals surface area (Å²) in [7, 11) is 0. The van der Waals surface area contributed by atoms with Crippen molar-refractivity contribution in [3.63, 3.8) is 0 Å². The molecule has 0 aliphatic heterocycles. The largest absolute Gasteiger partial charge is 0.380 e. The SMILES string of the molecule is CC(=O)Nc1ccsc1CNc1cc(F)ccc1C. The van der Waals surface area contributed by atoms with E-state index < -0.39 is 0 Å². The van der Waals surface area contributed by atoms with Gasteiger partial charge in [0, 0.05) is 17.5 Å². The Kier molecular flexibility index (Phi) is 4.16. The summed E-state index contributed by atoms with van der Waals surface area (Å²) in [5.74, 6) is -0.358. The topological polar surface area (TPSA) is 41.1 Å². The van der Waals surface area contributed by atoms with Gasteiger partial charge in [-0.15, -0.1) is 11.3 Å². The maximum atomic E-state index is 13.2. The Labute approximate surface area is 115 Å². The highest BCUT2D eigenvalue weighted by Gasteiger charge is 2.06. The van der Waals surface area contributed by atoms with Crippen LogP contribution in [0.1, 0.15) is 17.4 Å². The van der Waals surface area contributed by atoms with Crippen LogP contribution in [0.25, 0.3) is 0 Å². The van der Waals surface area contributed by atoms with E-state index in [9.17, 15) is 9.18 Å². The van der Waals surface area contributed by atoms with Crippen molar-refractivity contribution in [1.82, 2.24) is 0 Å². The molecule has 3 nitrogen and oxygen atoms in total. The summed E-state index contributed by atoms with van der Waals surface area (Å²) in [6.45, 7) is 3.95. The zero-order chi connectivity index (χ0) is 13.8. The zero-order valence-corrected chi connectivity index (χ0v) is 11.6. The van der Waals surface area contributed by atoms with E-state index in [0.717, 1.165) is 21.8 Å². The van der Waals surface area contributed by atoms with E-state index >= 15 is 0 Å². The van der Waals surface area contributed by atoms with Gasteiger partial charge in [-0.05, 0) is 36.1 Å². The molecule has 0 spiro atoms. The molecule has 0 saturated carbocycles. The predicted octanol–water partition coefficient (Wildman–Crippen LogP) is 3.77. The van der Waals surface area contributed by atoms with Crippen LogP contribution in [0.3, 0.4) is 0 Å². The lowest BCUT2D eigenvalue weighted by atomic mass is 10.2. The first kappa shape index (κ1) is 13.5. The van der Waals surface area contributed by atoms with Crippen LogP contribution in [-0.2, 0) is 11.3 Å². The van der Waals surface area contributed by atoms with Crippen molar-refractivity contribution in [3.8, 4) is 0 Å². The average molecular weight is 278 g/mol. The average Bonchev–Trinajstić information content (AvgIpc) is 2.77. The number of carbonyl (C=O) groups is 1. The van der Waals surface area contributed by atoms with Crippen LogP contribution in [0, 0.1) is 12.7 Å². The number of rotatable bonds is 4. The fraction of sp³-hybridized carbons (Fsp3) is 0.214. The van der Waals surface area contributed by atoms with Gasteiger partial charge in [-0.1, -0.05) is 6.07 Å². The van der Waals surface area contributed by atoms with Gasteiger partial charge in [0.15, 0.2) is 0 Å². The molecule has 0 atom stereocenters. The molecular formula is C14H15FN2OS. The van der Waals surface area contributed by atoms with Crippen molar-refractivity contribution < 1.29 is 9.18 Å². The fourth-order valence-corrected chi connectivity index (χ4v) is 2.51. The summed E-state index contributed by atoms with van der Waals surface area (Å²) in [5, 5.41) is 7.88. The summed E-state index contributed by atoms with van der Waals surface area (Å²) < 4.78 is 13.2. The van der Waals surface area contributed by atoms with Gasteiger partial charge in [0.2, 0.25) is 5.91 Å². The highest BCUT2D eigenvalue weighted by atomic mass is 32.1. The Balaban J connectivity index is 2.08. The second-order valence-corrected chi connectivity index (χ2v) is 5.25. The molecule has 0 aliphatic carbocycles. The molecule has 2 N–H and O–H groups in total. The number of anilines is 2. The number of halogens is 1. The van der Waals surface area contributed by atoms with Crippen molar-refractivity contribution in [2.24, 2.45) is 0 Å². The number of aryl methyl sites for hydroxylation is 1. The first-order chi connectivity index (χ1) is 9.06. The molecule has 19 heavy (non-hydrogen) atoms. The van der Waals surface area contributed by atoms with Crippen molar-refractivity contribution in [3.05, 3.63) is 45.9 Å². The first-order valence-electron chi connectivity index (χ1n) is 5.90. The Morgan fingerprint density at radius 1 is 1.32 bits per heavy atom. The quantitative estimate of drug-likeness (QED) is 0.894. The van der Waals surface area contributed by atoms with Crippen molar-refractivity contribution in [1.29, 1.82) is 0 Å². The van der Waals surface area contributed by atoms with Crippen LogP contribution >= 0.6 is 11.3 Å². The molecule has 0 bridgehead atoms. The lowest BCUT2D eigenvalue weighted by Gasteiger charge is -2.10. The third kappa shape index (κ3) is 3.54. The normalized spacial score (nSPS) is 10.3. The summed E-state index contributed by atoms with van der Waals surface area (Å²) in [5.41, 5.74) is 2.56. The monoisotopic (exact) mass is 278 g/mol. The van der Waals surface area contributed by atoms with Crippen LogP contribution in [0.5, 0.6) is 0 Å². The summed E-state index contributed by atoms with van der Waals surface area (Å²) in [6, 6.07) is 6.51. The van der Waals surface area contributed by atoms with Gasteiger partial charge in [-0.2, -0.15) is 0 Å². The van der Waals surface area contributed by atoms with Crippen LogP contribution in [0.15, 0.2) is 29.6 Å². The Bertz CT molecular complexity index is 595. The molecule has 0 fully saturated rings. The number of carbonyl (C=O) groups excluding carboxylic acids is 1. The smallest absolute Gasteiger partial charge is 0.221 e. The van der Waals surface area contributed by atoms with Gasteiger partial charge >= 0.3 is 0 Å². The minimum absolute atomic E-state index is 0.0958. The maximum absolute atomic E-state index is 13.2. The molecule has 100 valence electrons. The molecule has 2 aromatic rings. The summed E-state index contributed by atoms with van der Waals surface area (Å²) >= 11 is 1.55. The number of benzene rings is 1. The van der Waals surface area contributed by atoms with E-state index in [4.69, 9.17) is 0 Å². The standard InChI is InChI=1S/C14H15FN2OS/c1-9-3-4-11(15)7-13(9)16-8-14-12(5-6-19-14)17-10(2)18/h3-7,16H,8H2,1-2H3,(H,17,18). The van der Waals surface area contributed by atoms with Crippen LogP contribution < -0.4 is 10.6 Å². The number of nitrogens with one attached hydrogen (secondary N) is 2. The number of thiophene rings is 1. The second-order valence-electron chi connectivity index (χ2n) is 4.25. The van der Waals surface area contributed by atoms with E-state index in [1.165, 1.54) is 19.1 Å². The molecule has 1 heterocycles. The van der Waals surface area contributed by atoms with Crippen molar-refractivity contribution in [2.45, 2.75) is 20.4 Å². The van der Waals surface area contributed by atoms with E-state index in [2.05, 4.69) is 10.6 Å². The van der Waals surface area contributed by atoms with Gasteiger partial charge in [-0.3, -0.25) is 4.79 Å². The van der Waals surface area contributed by atoms with E-state index in [1.807, 2.05) is 18.4 Å². The molecular weight excluding hydrogens is 263 g/mol. The number of hydrogen-bond donors (Lipinski definition) is 2. The molecule has 1 amide bonds. The molecule has 2 rings (SSSR count). The molecule has 0 unspecified atom stereocenters. The molecule has 0 radical (unpaired) electrons. The van der Waals surface area contributed by atoms with Crippen molar-refractivity contribution in [2.75, 3.05) is 10.6 Å². The van der Waals surface area contributed by atoms with E-state index in [1.54, 1.807) is 17.4 Å². The predicted molar refractivity (Wildman–Crippen MR) is 77.1 cm³/mol. The third-order valence-electron chi connectivity index (χ3n) is 2.70. The van der Waals surface area contributed by atoms with Crippen molar-refractivity contribution >= 4 is 28.6 Å².